The minimum Gasteiger partial charge on any atom is -0.347 e. The first-order valence-electron chi connectivity index (χ1n) is 5.99. The second kappa shape index (κ2) is 6.39. The van der Waals surface area contributed by atoms with Crippen LogP contribution in [0.4, 0.5) is 0 Å². The molecule has 0 saturated heterocycles. The third-order valence-electron chi connectivity index (χ3n) is 2.83. The van der Waals surface area contributed by atoms with Crippen molar-refractivity contribution in [3.63, 3.8) is 0 Å². The summed E-state index contributed by atoms with van der Waals surface area (Å²) < 4.78 is 3.84. The van der Waals surface area contributed by atoms with E-state index in [-0.39, 0.29) is 5.91 Å². The fourth-order valence-corrected chi connectivity index (χ4v) is 2.72. The molecule has 1 amide bonds. The number of aromatic nitrogens is 1. The maximum Gasteiger partial charge on any atom is 0.268 e. The lowest BCUT2D eigenvalue weighted by Gasteiger charge is -2.08. The molecule has 0 radical (unpaired) electrons. The highest BCUT2D eigenvalue weighted by molar-refractivity contribution is 9.10. The van der Waals surface area contributed by atoms with Crippen LogP contribution in [0.3, 0.4) is 0 Å². The van der Waals surface area contributed by atoms with Crippen LogP contribution in [0, 0.1) is 0 Å². The fourth-order valence-electron chi connectivity index (χ4n) is 1.83. The standard InChI is InChI=1S/C14H14Br2N2O/c1-2-18-9-11(15)7-13(18)14(19)17-8-10-5-3-4-6-12(10)16/h3-7,9H,2,8H2,1H3,(H,17,19). The van der Waals surface area contributed by atoms with Crippen LogP contribution >= 0.6 is 31.9 Å². The first-order valence-corrected chi connectivity index (χ1v) is 7.57. The Morgan fingerprint density at radius 1 is 1.32 bits per heavy atom. The summed E-state index contributed by atoms with van der Waals surface area (Å²) in [6, 6.07) is 9.69. The van der Waals surface area contributed by atoms with Crippen LogP contribution < -0.4 is 5.32 Å². The Labute approximate surface area is 129 Å². The predicted octanol–water partition coefficient (Wildman–Crippen LogP) is 3.96. The van der Waals surface area contributed by atoms with Crippen molar-refractivity contribution in [2.75, 3.05) is 0 Å². The van der Waals surface area contributed by atoms with Crippen molar-refractivity contribution in [2.45, 2.75) is 20.0 Å². The summed E-state index contributed by atoms with van der Waals surface area (Å²) in [5.41, 5.74) is 1.73. The number of nitrogens with zero attached hydrogens (tertiary/aromatic N) is 1. The van der Waals surface area contributed by atoms with E-state index in [4.69, 9.17) is 0 Å². The van der Waals surface area contributed by atoms with E-state index in [0.29, 0.717) is 12.2 Å². The topological polar surface area (TPSA) is 34.0 Å². The van der Waals surface area contributed by atoms with E-state index >= 15 is 0 Å². The summed E-state index contributed by atoms with van der Waals surface area (Å²) in [5.74, 6) is -0.0664. The smallest absolute Gasteiger partial charge is 0.268 e. The van der Waals surface area contributed by atoms with E-state index < -0.39 is 0 Å². The molecule has 1 N–H and O–H groups in total. The van der Waals surface area contributed by atoms with E-state index in [2.05, 4.69) is 37.2 Å². The zero-order chi connectivity index (χ0) is 13.8. The Morgan fingerprint density at radius 2 is 2.05 bits per heavy atom. The van der Waals surface area contributed by atoms with Crippen LogP contribution in [-0.4, -0.2) is 10.5 Å². The Hall–Kier alpha value is -1.07. The first-order chi connectivity index (χ1) is 9.11. The third kappa shape index (κ3) is 3.48. The number of amides is 1. The van der Waals surface area contributed by atoms with Crippen molar-refractivity contribution in [3.8, 4) is 0 Å². The summed E-state index contributed by atoms with van der Waals surface area (Å²) in [6.45, 7) is 3.28. The average Bonchev–Trinajstić information content (AvgIpc) is 2.79. The molecule has 0 aliphatic rings. The highest BCUT2D eigenvalue weighted by Gasteiger charge is 2.12. The number of carbonyl (C=O) groups is 1. The zero-order valence-corrected chi connectivity index (χ0v) is 13.7. The van der Waals surface area contributed by atoms with Gasteiger partial charge in [0.1, 0.15) is 5.69 Å². The summed E-state index contributed by atoms with van der Waals surface area (Å²) in [6.07, 6.45) is 1.91. The van der Waals surface area contributed by atoms with Crippen molar-refractivity contribution in [3.05, 3.63) is 56.7 Å². The van der Waals surface area contributed by atoms with E-state index in [1.54, 1.807) is 0 Å². The van der Waals surface area contributed by atoms with Gasteiger partial charge < -0.3 is 9.88 Å². The van der Waals surface area contributed by atoms with Gasteiger partial charge in [-0.1, -0.05) is 34.1 Å². The fraction of sp³-hybridized carbons (Fsp3) is 0.214. The highest BCUT2D eigenvalue weighted by atomic mass is 79.9. The molecule has 0 aliphatic carbocycles. The number of nitrogens with one attached hydrogen (secondary N) is 1. The predicted molar refractivity (Wildman–Crippen MR) is 83.1 cm³/mol. The van der Waals surface area contributed by atoms with Crippen molar-refractivity contribution < 1.29 is 4.79 Å². The van der Waals surface area contributed by atoms with Crippen LogP contribution in [0.2, 0.25) is 0 Å². The van der Waals surface area contributed by atoms with Crippen molar-refractivity contribution >= 4 is 37.8 Å². The Morgan fingerprint density at radius 3 is 2.74 bits per heavy atom. The van der Waals surface area contributed by atoms with Crippen LogP contribution in [0.5, 0.6) is 0 Å². The second-order valence-electron chi connectivity index (χ2n) is 4.10. The van der Waals surface area contributed by atoms with Crippen LogP contribution in [0.1, 0.15) is 23.0 Å². The molecule has 0 saturated carbocycles. The maximum atomic E-state index is 12.2. The van der Waals surface area contributed by atoms with Gasteiger partial charge in [-0.25, -0.2) is 0 Å². The first kappa shape index (κ1) is 14.3. The second-order valence-corrected chi connectivity index (χ2v) is 5.87. The van der Waals surface area contributed by atoms with Crippen LogP contribution in [0.25, 0.3) is 0 Å². The number of hydrogen-bond acceptors (Lipinski definition) is 1. The van der Waals surface area contributed by atoms with Crippen LogP contribution in [-0.2, 0) is 13.1 Å². The largest absolute Gasteiger partial charge is 0.347 e. The van der Waals surface area contributed by atoms with Gasteiger partial charge in [-0.15, -0.1) is 0 Å². The lowest BCUT2D eigenvalue weighted by Crippen LogP contribution is -2.25. The molecule has 0 atom stereocenters. The van der Waals surface area contributed by atoms with Crippen molar-refractivity contribution in [1.82, 2.24) is 9.88 Å². The van der Waals surface area contributed by atoms with Gasteiger partial charge >= 0.3 is 0 Å². The summed E-state index contributed by atoms with van der Waals surface area (Å²) in [5, 5.41) is 2.93. The van der Waals surface area contributed by atoms with Gasteiger partial charge in [-0.2, -0.15) is 0 Å². The van der Waals surface area contributed by atoms with Gasteiger partial charge in [0, 0.05) is 28.2 Å². The van der Waals surface area contributed by atoms with Gasteiger partial charge in [0.05, 0.1) is 0 Å². The molecule has 19 heavy (non-hydrogen) atoms. The number of carbonyl (C=O) groups excluding carboxylic acids is 1. The van der Waals surface area contributed by atoms with E-state index in [1.165, 1.54) is 0 Å². The Kier molecular flexibility index (Phi) is 4.82. The number of rotatable bonds is 4. The average molecular weight is 386 g/mol. The van der Waals surface area contributed by atoms with E-state index in [1.807, 2.05) is 48.0 Å². The lowest BCUT2D eigenvalue weighted by molar-refractivity contribution is 0.0941. The Balaban J connectivity index is 2.07. The molecule has 1 heterocycles. The molecule has 100 valence electrons. The molecule has 0 bridgehead atoms. The molecule has 1 aromatic heterocycles. The summed E-state index contributed by atoms with van der Waals surface area (Å²) >= 11 is 6.86. The van der Waals surface area contributed by atoms with Gasteiger partial charge in [0.2, 0.25) is 0 Å². The molecular weight excluding hydrogens is 372 g/mol. The molecule has 0 aliphatic heterocycles. The number of aryl methyl sites for hydroxylation is 1. The monoisotopic (exact) mass is 384 g/mol. The number of hydrogen-bond donors (Lipinski definition) is 1. The number of benzene rings is 1. The summed E-state index contributed by atoms with van der Waals surface area (Å²) in [7, 11) is 0. The number of halogens is 2. The quantitative estimate of drug-likeness (QED) is 0.848. The highest BCUT2D eigenvalue weighted by Crippen LogP contribution is 2.17. The van der Waals surface area contributed by atoms with Crippen molar-refractivity contribution in [1.29, 1.82) is 0 Å². The lowest BCUT2D eigenvalue weighted by atomic mass is 10.2. The van der Waals surface area contributed by atoms with Gasteiger partial charge in [-0.05, 0) is 40.5 Å². The zero-order valence-electron chi connectivity index (χ0n) is 10.5. The molecule has 5 heteroatoms. The van der Waals surface area contributed by atoms with Crippen molar-refractivity contribution in [2.24, 2.45) is 0 Å². The SMILES string of the molecule is CCn1cc(Br)cc1C(=O)NCc1ccccc1Br. The normalized spacial score (nSPS) is 10.5. The van der Waals surface area contributed by atoms with Gasteiger partial charge in [0.15, 0.2) is 0 Å². The molecule has 2 aromatic rings. The van der Waals surface area contributed by atoms with Gasteiger partial charge in [0.25, 0.3) is 5.91 Å². The van der Waals surface area contributed by atoms with Crippen LogP contribution in [0.15, 0.2) is 45.5 Å². The molecule has 0 spiro atoms. The summed E-state index contributed by atoms with van der Waals surface area (Å²) in [4.78, 5) is 12.2. The third-order valence-corrected chi connectivity index (χ3v) is 4.04. The van der Waals surface area contributed by atoms with Gasteiger partial charge in [-0.3, -0.25) is 4.79 Å². The minimum atomic E-state index is -0.0664. The molecular formula is C14H14Br2N2O. The molecule has 1 aromatic carbocycles. The minimum absolute atomic E-state index is 0.0664. The molecule has 2 rings (SSSR count). The Bertz CT molecular complexity index is 593. The molecule has 0 fully saturated rings. The van der Waals surface area contributed by atoms with E-state index in [9.17, 15) is 4.79 Å². The molecule has 3 nitrogen and oxygen atoms in total. The molecule has 0 unspecified atom stereocenters. The van der Waals surface area contributed by atoms with E-state index in [0.717, 1.165) is 21.1 Å². The maximum absolute atomic E-state index is 12.2.